The number of rotatable bonds is 6. The molecule has 4 nitrogen and oxygen atoms in total. The Labute approximate surface area is 106 Å². The fourth-order valence-corrected chi connectivity index (χ4v) is 1.84. The SMILES string of the molecule is CCCC(CC)Nc1cc(C(=O)O)cc(Cl)n1. The highest BCUT2D eigenvalue weighted by molar-refractivity contribution is 6.29. The summed E-state index contributed by atoms with van der Waals surface area (Å²) in [6.45, 7) is 4.19. The van der Waals surface area contributed by atoms with Crippen LogP contribution < -0.4 is 5.32 Å². The summed E-state index contributed by atoms with van der Waals surface area (Å²) in [6.07, 6.45) is 3.05. The van der Waals surface area contributed by atoms with Gasteiger partial charge in [0.2, 0.25) is 0 Å². The van der Waals surface area contributed by atoms with Crippen LogP contribution in [0.4, 0.5) is 5.82 Å². The van der Waals surface area contributed by atoms with Crippen molar-refractivity contribution in [3.8, 4) is 0 Å². The van der Waals surface area contributed by atoms with Crippen molar-refractivity contribution in [1.82, 2.24) is 4.98 Å². The molecule has 17 heavy (non-hydrogen) atoms. The van der Waals surface area contributed by atoms with E-state index in [1.54, 1.807) is 0 Å². The Balaban J connectivity index is 2.86. The van der Waals surface area contributed by atoms with Gasteiger partial charge in [-0.1, -0.05) is 31.9 Å². The number of nitrogens with zero attached hydrogens (tertiary/aromatic N) is 1. The van der Waals surface area contributed by atoms with Crippen molar-refractivity contribution in [3.63, 3.8) is 0 Å². The van der Waals surface area contributed by atoms with Crippen LogP contribution >= 0.6 is 11.6 Å². The van der Waals surface area contributed by atoms with Crippen molar-refractivity contribution in [3.05, 3.63) is 22.8 Å². The lowest BCUT2D eigenvalue weighted by Crippen LogP contribution is -2.19. The molecule has 0 aliphatic heterocycles. The molecule has 0 saturated heterocycles. The van der Waals surface area contributed by atoms with Crippen molar-refractivity contribution in [2.75, 3.05) is 5.32 Å². The first-order chi connectivity index (χ1) is 8.06. The summed E-state index contributed by atoms with van der Waals surface area (Å²) in [5.41, 5.74) is 0.152. The van der Waals surface area contributed by atoms with E-state index in [1.165, 1.54) is 12.1 Å². The summed E-state index contributed by atoms with van der Waals surface area (Å²) in [5.74, 6) is -0.476. The maximum atomic E-state index is 10.9. The van der Waals surface area contributed by atoms with Gasteiger partial charge in [0.25, 0.3) is 0 Å². The predicted molar refractivity (Wildman–Crippen MR) is 68.8 cm³/mol. The number of nitrogens with one attached hydrogen (secondary N) is 1. The molecule has 0 aromatic carbocycles. The van der Waals surface area contributed by atoms with Gasteiger partial charge in [-0.05, 0) is 25.0 Å². The van der Waals surface area contributed by atoms with Crippen LogP contribution in [0.5, 0.6) is 0 Å². The number of aromatic carboxylic acids is 1. The van der Waals surface area contributed by atoms with E-state index in [-0.39, 0.29) is 10.7 Å². The van der Waals surface area contributed by atoms with Gasteiger partial charge in [0.05, 0.1) is 5.56 Å². The number of halogens is 1. The molecule has 1 heterocycles. The molecule has 1 aromatic heterocycles. The summed E-state index contributed by atoms with van der Waals surface area (Å²) < 4.78 is 0. The van der Waals surface area contributed by atoms with Crippen molar-refractivity contribution in [2.45, 2.75) is 39.2 Å². The van der Waals surface area contributed by atoms with Crippen LogP contribution in [0, 0.1) is 0 Å². The quantitative estimate of drug-likeness (QED) is 0.766. The Kier molecular flexibility index (Phi) is 5.22. The topological polar surface area (TPSA) is 62.2 Å². The lowest BCUT2D eigenvalue weighted by Gasteiger charge is -2.17. The van der Waals surface area contributed by atoms with E-state index >= 15 is 0 Å². The molecule has 0 bridgehead atoms. The first kappa shape index (κ1) is 13.8. The molecule has 0 aliphatic carbocycles. The number of aromatic nitrogens is 1. The molecule has 1 atom stereocenters. The standard InChI is InChI=1S/C12H17ClN2O2/c1-3-5-9(4-2)14-11-7-8(12(16)17)6-10(13)15-11/h6-7,9H,3-5H2,1-2H3,(H,14,15)(H,16,17). The lowest BCUT2D eigenvalue weighted by molar-refractivity contribution is 0.0697. The summed E-state index contributed by atoms with van der Waals surface area (Å²) in [4.78, 5) is 14.9. The Bertz CT molecular complexity index is 396. The van der Waals surface area contributed by atoms with Crippen LogP contribution in [0.15, 0.2) is 12.1 Å². The Hall–Kier alpha value is -1.29. The van der Waals surface area contributed by atoms with Crippen LogP contribution in [-0.4, -0.2) is 22.1 Å². The minimum atomic E-state index is -0.999. The summed E-state index contributed by atoms with van der Waals surface area (Å²) in [7, 11) is 0. The van der Waals surface area contributed by atoms with Crippen molar-refractivity contribution >= 4 is 23.4 Å². The third-order valence-corrected chi connectivity index (χ3v) is 2.72. The minimum absolute atomic E-state index is 0.152. The number of carboxylic acid groups (broad SMARTS) is 1. The molecule has 94 valence electrons. The van der Waals surface area contributed by atoms with E-state index in [2.05, 4.69) is 24.1 Å². The zero-order chi connectivity index (χ0) is 12.8. The smallest absolute Gasteiger partial charge is 0.335 e. The third-order valence-electron chi connectivity index (χ3n) is 2.52. The van der Waals surface area contributed by atoms with Crippen LogP contribution in [0.25, 0.3) is 0 Å². The fourth-order valence-electron chi connectivity index (χ4n) is 1.63. The molecule has 0 aliphatic rings. The predicted octanol–water partition coefficient (Wildman–Crippen LogP) is 3.42. The lowest BCUT2D eigenvalue weighted by atomic mass is 10.1. The van der Waals surface area contributed by atoms with Gasteiger partial charge in [0, 0.05) is 6.04 Å². The number of hydrogen-bond donors (Lipinski definition) is 2. The molecule has 0 fully saturated rings. The molecule has 1 rings (SSSR count). The summed E-state index contributed by atoms with van der Waals surface area (Å²) >= 11 is 5.78. The Morgan fingerprint density at radius 1 is 1.53 bits per heavy atom. The summed E-state index contributed by atoms with van der Waals surface area (Å²) in [5, 5.41) is 12.3. The van der Waals surface area contributed by atoms with Gasteiger partial charge in [0.1, 0.15) is 11.0 Å². The molecule has 0 radical (unpaired) electrons. The number of carbonyl (C=O) groups is 1. The molecule has 0 spiro atoms. The highest BCUT2D eigenvalue weighted by atomic mass is 35.5. The van der Waals surface area contributed by atoms with Gasteiger partial charge in [-0.2, -0.15) is 0 Å². The van der Waals surface area contributed by atoms with Crippen LogP contribution in [-0.2, 0) is 0 Å². The first-order valence-corrected chi connectivity index (χ1v) is 6.12. The monoisotopic (exact) mass is 256 g/mol. The maximum Gasteiger partial charge on any atom is 0.335 e. The van der Waals surface area contributed by atoms with Crippen LogP contribution in [0.1, 0.15) is 43.5 Å². The van der Waals surface area contributed by atoms with Gasteiger partial charge in [-0.15, -0.1) is 0 Å². The average Bonchev–Trinajstić information content (AvgIpc) is 2.27. The van der Waals surface area contributed by atoms with E-state index in [1.807, 2.05) is 0 Å². The number of anilines is 1. The first-order valence-electron chi connectivity index (χ1n) is 5.74. The number of hydrogen-bond acceptors (Lipinski definition) is 3. The zero-order valence-corrected chi connectivity index (χ0v) is 10.8. The zero-order valence-electron chi connectivity index (χ0n) is 10.0. The van der Waals surface area contributed by atoms with E-state index in [4.69, 9.17) is 16.7 Å². The van der Waals surface area contributed by atoms with Gasteiger partial charge in [-0.25, -0.2) is 9.78 Å². The molecule has 1 aromatic rings. The average molecular weight is 257 g/mol. The Morgan fingerprint density at radius 3 is 2.76 bits per heavy atom. The van der Waals surface area contributed by atoms with Gasteiger partial charge in [0.15, 0.2) is 0 Å². The van der Waals surface area contributed by atoms with E-state index in [0.717, 1.165) is 19.3 Å². The fraction of sp³-hybridized carbons (Fsp3) is 0.500. The Morgan fingerprint density at radius 2 is 2.24 bits per heavy atom. The van der Waals surface area contributed by atoms with E-state index in [0.29, 0.717) is 11.9 Å². The van der Waals surface area contributed by atoms with E-state index < -0.39 is 5.97 Å². The second-order valence-corrected chi connectivity index (χ2v) is 4.29. The third kappa shape index (κ3) is 4.23. The van der Waals surface area contributed by atoms with Gasteiger partial charge < -0.3 is 10.4 Å². The second-order valence-electron chi connectivity index (χ2n) is 3.91. The van der Waals surface area contributed by atoms with Gasteiger partial charge >= 0.3 is 5.97 Å². The van der Waals surface area contributed by atoms with Gasteiger partial charge in [-0.3, -0.25) is 0 Å². The molecule has 2 N–H and O–H groups in total. The largest absolute Gasteiger partial charge is 0.478 e. The van der Waals surface area contributed by atoms with Crippen molar-refractivity contribution < 1.29 is 9.90 Å². The van der Waals surface area contributed by atoms with E-state index in [9.17, 15) is 4.79 Å². The van der Waals surface area contributed by atoms with Crippen LogP contribution in [0.2, 0.25) is 5.15 Å². The summed E-state index contributed by atoms with van der Waals surface area (Å²) in [6, 6.07) is 3.15. The molecule has 1 unspecified atom stereocenters. The number of carboxylic acids is 1. The molecule has 0 saturated carbocycles. The van der Waals surface area contributed by atoms with Crippen molar-refractivity contribution in [1.29, 1.82) is 0 Å². The second kappa shape index (κ2) is 6.45. The highest BCUT2D eigenvalue weighted by Gasteiger charge is 2.10. The van der Waals surface area contributed by atoms with Crippen LogP contribution in [0.3, 0.4) is 0 Å². The molecular weight excluding hydrogens is 240 g/mol. The molecular formula is C12H17ClN2O2. The minimum Gasteiger partial charge on any atom is -0.478 e. The molecule has 0 amide bonds. The number of pyridine rings is 1. The highest BCUT2D eigenvalue weighted by Crippen LogP contribution is 2.17. The maximum absolute atomic E-state index is 10.9. The molecule has 5 heteroatoms. The van der Waals surface area contributed by atoms with Crippen molar-refractivity contribution in [2.24, 2.45) is 0 Å². The normalized spacial score (nSPS) is 12.2.